The minimum atomic E-state index is -0.569. The van der Waals surface area contributed by atoms with Gasteiger partial charge in [0, 0.05) is 21.9 Å². The molecular weight excluding hydrogens is 450 g/mol. The minimum Gasteiger partial charge on any atom is -0.464 e. The zero-order valence-electron chi connectivity index (χ0n) is 17.3. The topological polar surface area (TPSA) is 103 Å². The summed E-state index contributed by atoms with van der Waals surface area (Å²) in [7, 11) is 0. The van der Waals surface area contributed by atoms with Crippen molar-refractivity contribution in [2.75, 3.05) is 11.9 Å². The van der Waals surface area contributed by atoms with Gasteiger partial charge in [-0.1, -0.05) is 0 Å². The Morgan fingerprint density at radius 3 is 2.75 bits per heavy atom. The van der Waals surface area contributed by atoms with Crippen LogP contribution < -0.4 is 10.9 Å². The van der Waals surface area contributed by atoms with Crippen molar-refractivity contribution < 1.29 is 18.7 Å². The third-order valence-corrected chi connectivity index (χ3v) is 6.38. The number of carbonyl (C=O) groups excluding carboxylic acids is 2. The number of rotatable bonds is 7. The maximum absolute atomic E-state index is 12.7. The Bertz CT molecular complexity index is 1320. The van der Waals surface area contributed by atoms with Crippen LogP contribution in [-0.2, 0) is 16.1 Å². The van der Waals surface area contributed by atoms with Gasteiger partial charge in [0.05, 0.1) is 17.7 Å². The normalized spacial score (nSPS) is 10.8. The standard InChI is InChI=1S/C22H19N3O5S2/c1-3-29-22(28)20-14(16-5-4-10-30-16)12-31-21(20)23-18(26)11-25-19(27)9-7-15(24-25)17-8-6-13(2)32-17/h4-10,12H,3,11H2,1-2H3,(H,23,26). The lowest BCUT2D eigenvalue weighted by molar-refractivity contribution is -0.116. The summed E-state index contributed by atoms with van der Waals surface area (Å²) in [5.41, 5.74) is 0.951. The van der Waals surface area contributed by atoms with Crippen molar-refractivity contribution in [3.63, 3.8) is 0 Å². The largest absolute Gasteiger partial charge is 0.464 e. The van der Waals surface area contributed by atoms with Crippen molar-refractivity contribution in [2.45, 2.75) is 20.4 Å². The third kappa shape index (κ3) is 4.56. The molecule has 1 amide bonds. The quantitative estimate of drug-likeness (QED) is 0.402. The van der Waals surface area contributed by atoms with Crippen molar-refractivity contribution in [3.8, 4) is 21.9 Å². The van der Waals surface area contributed by atoms with Gasteiger partial charge in [-0.3, -0.25) is 9.59 Å². The molecule has 4 heterocycles. The average molecular weight is 470 g/mol. The molecule has 10 heteroatoms. The summed E-state index contributed by atoms with van der Waals surface area (Å²) in [6, 6.07) is 10.3. The number of hydrogen-bond donors (Lipinski definition) is 1. The summed E-state index contributed by atoms with van der Waals surface area (Å²) in [5.74, 6) is -0.570. The molecule has 4 aromatic rings. The molecule has 0 aliphatic rings. The van der Waals surface area contributed by atoms with Crippen LogP contribution >= 0.6 is 22.7 Å². The van der Waals surface area contributed by atoms with Gasteiger partial charge in [0.15, 0.2) is 0 Å². The lowest BCUT2D eigenvalue weighted by atomic mass is 10.1. The molecule has 0 bridgehead atoms. The van der Waals surface area contributed by atoms with Crippen molar-refractivity contribution in [1.82, 2.24) is 9.78 Å². The Kier molecular flexibility index (Phi) is 6.33. The molecular formula is C22H19N3O5S2. The highest BCUT2D eigenvalue weighted by atomic mass is 32.1. The van der Waals surface area contributed by atoms with Gasteiger partial charge >= 0.3 is 5.97 Å². The first-order valence-electron chi connectivity index (χ1n) is 9.73. The molecule has 0 saturated heterocycles. The van der Waals surface area contributed by atoms with Gasteiger partial charge in [-0.2, -0.15) is 5.10 Å². The highest BCUT2D eigenvalue weighted by molar-refractivity contribution is 7.15. The molecule has 0 atom stereocenters. The molecule has 0 fully saturated rings. The molecule has 0 aliphatic carbocycles. The number of amides is 1. The fourth-order valence-electron chi connectivity index (χ4n) is 3.04. The Morgan fingerprint density at radius 1 is 1.22 bits per heavy atom. The molecule has 32 heavy (non-hydrogen) atoms. The van der Waals surface area contributed by atoms with E-state index >= 15 is 0 Å². The number of anilines is 1. The lowest BCUT2D eigenvalue weighted by Crippen LogP contribution is -2.29. The lowest BCUT2D eigenvalue weighted by Gasteiger charge is -2.09. The van der Waals surface area contributed by atoms with Crippen LogP contribution in [0.4, 0.5) is 5.00 Å². The Hall–Kier alpha value is -3.50. The van der Waals surface area contributed by atoms with E-state index in [-0.39, 0.29) is 18.7 Å². The summed E-state index contributed by atoms with van der Waals surface area (Å²) in [4.78, 5) is 39.6. The average Bonchev–Trinajstić information content (AvgIpc) is 3.50. The van der Waals surface area contributed by atoms with Gasteiger partial charge in [-0.25, -0.2) is 9.48 Å². The van der Waals surface area contributed by atoms with Gasteiger partial charge in [-0.05, 0) is 44.2 Å². The van der Waals surface area contributed by atoms with Gasteiger partial charge in [0.25, 0.3) is 5.56 Å². The highest BCUT2D eigenvalue weighted by Crippen LogP contribution is 2.36. The zero-order valence-corrected chi connectivity index (χ0v) is 18.9. The van der Waals surface area contributed by atoms with E-state index < -0.39 is 17.4 Å². The Morgan fingerprint density at radius 2 is 2.06 bits per heavy atom. The third-order valence-electron chi connectivity index (χ3n) is 4.46. The van der Waals surface area contributed by atoms with Crippen LogP contribution in [0.5, 0.6) is 0 Å². The number of hydrogen-bond acceptors (Lipinski definition) is 8. The van der Waals surface area contributed by atoms with Gasteiger partial charge in [0.1, 0.15) is 28.6 Å². The second-order valence-corrected chi connectivity index (χ2v) is 8.89. The number of nitrogens with zero attached hydrogens (tertiary/aromatic N) is 2. The maximum Gasteiger partial charge on any atom is 0.341 e. The number of thiophene rings is 2. The summed E-state index contributed by atoms with van der Waals surface area (Å²) < 4.78 is 11.7. The number of furan rings is 1. The van der Waals surface area contributed by atoms with Gasteiger partial charge < -0.3 is 14.5 Å². The van der Waals surface area contributed by atoms with Crippen LogP contribution in [0.2, 0.25) is 0 Å². The molecule has 0 spiro atoms. The summed E-state index contributed by atoms with van der Waals surface area (Å²) in [6.07, 6.45) is 1.50. The Balaban J connectivity index is 1.59. The maximum atomic E-state index is 12.7. The monoisotopic (exact) mass is 469 g/mol. The molecule has 1 N–H and O–H groups in total. The number of aryl methyl sites for hydroxylation is 1. The molecule has 0 radical (unpaired) electrons. The van der Waals surface area contributed by atoms with E-state index in [4.69, 9.17) is 9.15 Å². The molecule has 0 aliphatic heterocycles. The highest BCUT2D eigenvalue weighted by Gasteiger charge is 2.24. The fraction of sp³-hybridized carbons (Fsp3) is 0.182. The van der Waals surface area contributed by atoms with E-state index in [1.165, 1.54) is 23.7 Å². The van der Waals surface area contributed by atoms with Gasteiger partial charge in [-0.15, -0.1) is 22.7 Å². The first kappa shape index (κ1) is 21.7. The zero-order chi connectivity index (χ0) is 22.7. The molecule has 0 saturated carbocycles. The van der Waals surface area contributed by atoms with Gasteiger partial charge in [0.2, 0.25) is 5.91 Å². The number of ether oxygens (including phenoxy) is 1. The SMILES string of the molecule is CCOC(=O)c1c(-c2ccco2)csc1NC(=O)Cn1nc(-c2ccc(C)s2)ccc1=O. The number of aromatic nitrogens is 2. The summed E-state index contributed by atoms with van der Waals surface area (Å²) >= 11 is 2.73. The van der Waals surface area contributed by atoms with E-state index in [0.717, 1.165) is 14.4 Å². The molecule has 0 unspecified atom stereocenters. The second kappa shape index (κ2) is 9.33. The van der Waals surface area contributed by atoms with E-state index in [1.54, 1.807) is 41.8 Å². The molecule has 164 valence electrons. The number of nitrogens with one attached hydrogen (secondary N) is 1. The minimum absolute atomic E-state index is 0.188. The van der Waals surface area contributed by atoms with Crippen molar-refractivity contribution in [2.24, 2.45) is 0 Å². The summed E-state index contributed by atoms with van der Waals surface area (Å²) in [5, 5.41) is 9.06. The first-order chi connectivity index (χ1) is 15.5. The van der Waals surface area contributed by atoms with Crippen LogP contribution in [-0.4, -0.2) is 28.3 Å². The molecule has 4 rings (SSSR count). The predicted octanol–water partition coefficient (Wildman–Crippen LogP) is 4.42. The van der Waals surface area contributed by atoms with E-state index in [2.05, 4.69) is 10.4 Å². The van der Waals surface area contributed by atoms with Crippen molar-refractivity contribution in [3.05, 3.63) is 68.8 Å². The molecule has 4 aromatic heterocycles. The molecule has 0 aromatic carbocycles. The summed E-state index contributed by atoms with van der Waals surface area (Å²) in [6.45, 7) is 3.58. The van der Waals surface area contributed by atoms with E-state index in [9.17, 15) is 14.4 Å². The number of esters is 1. The van der Waals surface area contributed by atoms with Crippen LogP contribution in [0, 0.1) is 6.92 Å². The predicted molar refractivity (Wildman–Crippen MR) is 123 cm³/mol. The van der Waals surface area contributed by atoms with Crippen LogP contribution in [0.1, 0.15) is 22.2 Å². The van der Waals surface area contributed by atoms with Crippen molar-refractivity contribution >= 4 is 39.6 Å². The fourth-order valence-corrected chi connectivity index (χ4v) is 4.82. The second-order valence-electron chi connectivity index (χ2n) is 6.72. The van der Waals surface area contributed by atoms with E-state index in [0.29, 0.717) is 22.0 Å². The van der Waals surface area contributed by atoms with Crippen molar-refractivity contribution in [1.29, 1.82) is 0 Å². The van der Waals surface area contributed by atoms with Crippen LogP contribution in [0.15, 0.2) is 57.3 Å². The smallest absolute Gasteiger partial charge is 0.341 e. The number of carbonyl (C=O) groups is 2. The van der Waals surface area contributed by atoms with E-state index in [1.807, 2.05) is 19.1 Å². The van der Waals surface area contributed by atoms with Crippen LogP contribution in [0.3, 0.4) is 0 Å². The Labute approximate surface area is 191 Å². The first-order valence-corrected chi connectivity index (χ1v) is 11.4. The molecule has 8 nitrogen and oxygen atoms in total. The van der Waals surface area contributed by atoms with Crippen LogP contribution in [0.25, 0.3) is 21.9 Å².